The van der Waals surface area contributed by atoms with Gasteiger partial charge < -0.3 is 13.7 Å². The summed E-state index contributed by atoms with van der Waals surface area (Å²) >= 11 is 0. The number of oxazole rings is 2. The van der Waals surface area contributed by atoms with E-state index in [0.717, 1.165) is 44.8 Å². The minimum absolute atomic E-state index is 0.561. The smallest absolute Gasteiger partial charge is 0.227 e. The van der Waals surface area contributed by atoms with Gasteiger partial charge in [-0.3, -0.25) is 0 Å². The quantitative estimate of drug-likeness (QED) is 0.299. The lowest BCUT2D eigenvalue weighted by Gasteiger charge is -2.25. The maximum absolute atomic E-state index is 6.07. The van der Waals surface area contributed by atoms with Gasteiger partial charge in [0.2, 0.25) is 5.89 Å². The van der Waals surface area contributed by atoms with Crippen LogP contribution in [-0.4, -0.2) is 9.97 Å². The SMILES string of the molecule is Cc1nc2cc(-c3nc4cc(N(c5ccccc5)c5ccccc5)ccc4o3)ccc2o1. The Bertz CT molecular complexity index is 1500. The Morgan fingerprint density at radius 2 is 1.22 bits per heavy atom. The monoisotopic (exact) mass is 417 g/mol. The first-order chi connectivity index (χ1) is 15.7. The molecule has 0 saturated heterocycles. The molecule has 5 nitrogen and oxygen atoms in total. The van der Waals surface area contributed by atoms with E-state index in [2.05, 4.69) is 46.3 Å². The van der Waals surface area contributed by atoms with E-state index in [4.69, 9.17) is 13.8 Å². The molecule has 0 bridgehead atoms. The molecule has 0 aliphatic carbocycles. The first kappa shape index (κ1) is 18.4. The van der Waals surface area contributed by atoms with E-state index in [9.17, 15) is 0 Å². The van der Waals surface area contributed by atoms with E-state index in [0.29, 0.717) is 11.8 Å². The van der Waals surface area contributed by atoms with Gasteiger partial charge in [0.15, 0.2) is 17.1 Å². The summed E-state index contributed by atoms with van der Waals surface area (Å²) in [6, 6.07) is 32.5. The zero-order valence-electron chi connectivity index (χ0n) is 17.4. The number of benzene rings is 4. The molecule has 6 aromatic rings. The second-order valence-corrected chi connectivity index (χ2v) is 7.59. The third-order valence-corrected chi connectivity index (χ3v) is 5.40. The fraction of sp³-hybridized carbons (Fsp3) is 0.0370. The van der Waals surface area contributed by atoms with Crippen LogP contribution in [0.25, 0.3) is 33.7 Å². The molecule has 32 heavy (non-hydrogen) atoms. The van der Waals surface area contributed by atoms with Crippen LogP contribution in [0.1, 0.15) is 5.89 Å². The van der Waals surface area contributed by atoms with Crippen molar-refractivity contribution in [3.63, 3.8) is 0 Å². The summed E-state index contributed by atoms with van der Waals surface area (Å²) in [7, 11) is 0. The Kier molecular flexibility index (Phi) is 4.25. The zero-order chi connectivity index (χ0) is 21.5. The topological polar surface area (TPSA) is 55.3 Å². The van der Waals surface area contributed by atoms with Gasteiger partial charge in [0.05, 0.1) is 0 Å². The molecule has 154 valence electrons. The Hall–Kier alpha value is -4.38. The van der Waals surface area contributed by atoms with E-state index in [1.165, 1.54) is 0 Å². The van der Waals surface area contributed by atoms with Gasteiger partial charge in [-0.25, -0.2) is 9.97 Å². The van der Waals surface area contributed by atoms with Gasteiger partial charge in [-0.15, -0.1) is 0 Å². The molecule has 0 unspecified atom stereocenters. The van der Waals surface area contributed by atoms with E-state index >= 15 is 0 Å². The third kappa shape index (κ3) is 3.20. The molecule has 2 heterocycles. The summed E-state index contributed by atoms with van der Waals surface area (Å²) in [6.45, 7) is 1.84. The van der Waals surface area contributed by atoms with Crippen molar-refractivity contribution in [1.82, 2.24) is 9.97 Å². The second kappa shape index (κ2) is 7.39. The van der Waals surface area contributed by atoms with Gasteiger partial charge in [-0.05, 0) is 60.7 Å². The van der Waals surface area contributed by atoms with E-state index in [1.807, 2.05) is 67.6 Å². The highest BCUT2D eigenvalue weighted by atomic mass is 16.4. The molecule has 0 N–H and O–H groups in total. The predicted octanol–water partition coefficient (Wildman–Crippen LogP) is 7.41. The van der Waals surface area contributed by atoms with E-state index < -0.39 is 0 Å². The van der Waals surface area contributed by atoms with Crippen LogP contribution in [0.5, 0.6) is 0 Å². The number of hydrogen-bond donors (Lipinski definition) is 0. The van der Waals surface area contributed by atoms with Crippen LogP contribution in [0.4, 0.5) is 17.1 Å². The molecule has 0 atom stereocenters. The molecular weight excluding hydrogens is 398 g/mol. The molecule has 4 aromatic carbocycles. The largest absolute Gasteiger partial charge is 0.441 e. The number of fused-ring (bicyclic) bond motifs is 2. The van der Waals surface area contributed by atoms with Gasteiger partial charge in [-0.2, -0.15) is 0 Å². The number of hydrogen-bond acceptors (Lipinski definition) is 5. The maximum atomic E-state index is 6.07. The molecule has 0 amide bonds. The van der Waals surface area contributed by atoms with Gasteiger partial charge in [0.25, 0.3) is 0 Å². The first-order valence-corrected chi connectivity index (χ1v) is 10.4. The summed E-state index contributed by atoms with van der Waals surface area (Å²) in [5, 5.41) is 0. The summed E-state index contributed by atoms with van der Waals surface area (Å²) < 4.78 is 11.6. The number of para-hydroxylation sites is 2. The summed E-state index contributed by atoms with van der Waals surface area (Å²) in [5.74, 6) is 1.20. The van der Waals surface area contributed by atoms with Crippen molar-refractivity contribution in [2.24, 2.45) is 0 Å². The molecule has 0 aliphatic heterocycles. The highest BCUT2D eigenvalue weighted by Crippen LogP contribution is 2.36. The number of aromatic nitrogens is 2. The van der Waals surface area contributed by atoms with Crippen LogP contribution >= 0.6 is 0 Å². The fourth-order valence-electron chi connectivity index (χ4n) is 3.96. The summed E-state index contributed by atoms with van der Waals surface area (Å²) in [4.78, 5) is 11.4. The van der Waals surface area contributed by atoms with Crippen molar-refractivity contribution in [3.05, 3.63) is 103 Å². The van der Waals surface area contributed by atoms with Crippen LogP contribution in [0.2, 0.25) is 0 Å². The molecule has 0 radical (unpaired) electrons. The standard InChI is InChI=1S/C27H19N3O2/c1-18-28-23-16-19(12-14-25(23)31-18)27-29-24-17-22(13-15-26(24)32-27)30(20-8-4-2-5-9-20)21-10-6-3-7-11-21/h2-17H,1H3. The van der Waals surface area contributed by atoms with E-state index in [-0.39, 0.29) is 0 Å². The molecule has 2 aromatic heterocycles. The summed E-state index contributed by atoms with van der Waals surface area (Å²) in [5.41, 5.74) is 7.12. The van der Waals surface area contributed by atoms with Crippen molar-refractivity contribution in [3.8, 4) is 11.5 Å². The lowest BCUT2D eigenvalue weighted by atomic mass is 10.2. The van der Waals surface area contributed by atoms with Crippen molar-refractivity contribution >= 4 is 39.3 Å². The van der Waals surface area contributed by atoms with Crippen molar-refractivity contribution in [1.29, 1.82) is 0 Å². The highest BCUT2D eigenvalue weighted by Gasteiger charge is 2.15. The lowest BCUT2D eigenvalue weighted by molar-refractivity contribution is 0.561. The average molecular weight is 417 g/mol. The van der Waals surface area contributed by atoms with E-state index in [1.54, 1.807) is 0 Å². The second-order valence-electron chi connectivity index (χ2n) is 7.59. The summed E-state index contributed by atoms with van der Waals surface area (Å²) in [6.07, 6.45) is 0. The van der Waals surface area contributed by atoms with Gasteiger partial charge >= 0.3 is 0 Å². The van der Waals surface area contributed by atoms with Crippen LogP contribution < -0.4 is 4.90 Å². The number of aryl methyl sites for hydroxylation is 1. The van der Waals surface area contributed by atoms with Gasteiger partial charge in [0.1, 0.15) is 11.0 Å². The zero-order valence-corrected chi connectivity index (χ0v) is 17.4. The van der Waals surface area contributed by atoms with Gasteiger partial charge in [0, 0.05) is 29.5 Å². The number of nitrogens with zero attached hydrogens (tertiary/aromatic N) is 3. The van der Waals surface area contributed by atoms with Crippen LogP contribution in [0.15, 0.2) is 106 Å². The minimum atomic E-state index is 0.561. The minimum Gasteiger partial charge on any atom is -0.441 e. The molecule has 0 spiro atoms. The molecule has 5 heteroatoms. The Morgan fingerprint density at radius 3 is 1.94 bits per heavy atom. The maximum Gasteiger partial charge on any atom is 0.227 e. The fourth-order valence-corrected chi connectivity index (χ4v) is 3.96. The van der Waals surface area contributed by atoms with Crippen LogP contribution in [0.3, 0.4) is 0 Å². The van der Waals surface area contributed by atoms with Crippen LogP contribution in [0, 0.1) is 6.92 Å². The molecule has 0 aliphatic rings. The Labute approximate surface area is 184 Å². The Balaban J connectivity index is 1.45. The molecular formula is C27H19N3O2. The number of anilines is 3. The Morgan fingerprint density at radius 1 is 0.594 bits per heavy atom. The highest BCUT2D eigenvalue weighted by molar-refractivity contribution is 5.86. The number of rotatable bonds is 4. The first-order valence-electron chi connectivity index (χ1n) is 10.4. The van der Waals surface area contributed by atoms with Crippen LogP contribution in [-0.2, 0) is 0 Å². The van der Waals surface area contributed by atoms with Crippen molar-refractivity contribution in [2.75, 3.05) is 4.90 Å². The lowest BCUT2D eigenvalue weighted by Crippen LogP contribution is -2.09. The third-order valence-electron chi connectivity index (χ3n) is 5.40. The van der Waals surface area contributed by atoms with Crippen molar-refractivity contribution in [2.45, 2.75) is 6.92 Å². The predicted molar refractivity (Wildman–Crippen MR) is 126 cm³/mol. The van der Waals surface area contributed by atoms with Crippen molar-refractivity contribution < 1.29 is 8.83 Å². The normalized spacial score (nSPS) is 11.3. The average Bonchev–Trinajstić information content (AvgIpc) is 3.42. The molecule has 6 rings (SSSR count). The molecule has 0 fully saturated rings. The van der Waals surface area contributed by atoms with Gasteiger partial charge in [-0.1, -0.05) is 36.4 Å². The molecule has 0 saturated carbocycles.